The number of thiocarbonyl (C=S) groups is 1. The number of halogens is 1. The maximum Gasteiger partial charge on any atom is 0.257 e. The minimum atomic E-state index is -0.252. The van der Waals surface area contributed by atoms with Gasteiger partial charge < -0.3 is 9.73 Å². The van der Waals surface area contributed by atoms with Gasteiger partial charge in [-0.15, -0.1) is 0 Å². The number of amides is 1. The first kappa shape index (κ1) is 20.5. The van der Waals surface area contributed by atoms with Gasteiger partial charge in [0.25, 0.3) is 5.91 Å². The van der Waals surface area contributed by atoms with E-state index >= 15 is 0 Å². The average molecular weight is 527 g/mol. The number of anilines is 1. The van der Waals surface area contributed by atoms with Gasteiger partial charge >= 0.3 is 0 Å². The number of aryl methyl sites for hydroxylation is 2. The van der Waals surface area contributed by atoms with E-state index in [0.717, 1.165) is 37.0 Å². The maximum absolute atomic E-state index is 12.3. The van der Waals surface area contributed by atoms with Crippen LogP contribution in [0.5, 0.6) is 0 Å². The van der Waals surface area contributed by atoms with Gasteiger partial charge in [-0.1, -0.05) is 6.07 Å². The Bertz CT molecular complexity index is 1250. The Morgan fingerprint density at radius 3 is 2.43 bits per heavy atom. The van der Waals surface area contributed by atoms with Crippen LogP contribution in [0.3, 0.4) is 0 Å². The third-order valence-electron chi connectivity index (χ3n) is 4.54. The molecule has 1 heterocycles. The largest absolute Gasteiger partial charge is 0.436 e. The molecule has 1 aromatic heterocycles. The van der Waals surface area contributed by atoms with Crippen molar-refractivity contribution in [3.63, 3.8) is 0 Å². The van der Waals surface area contributed by atoms with Crippen molar-refractivity contribution in [3.05, 3.63) is 80.9 Å². The highest BCUT2D eigenvalue weighted by Crippen LogP contribution is 2.28. The molecule has 0 aliphatic heterocycles. The highest BCUT2D eigenvalue weighted by atomic mass is 127. The number of carbonyl (C=O) groups is 1. The lowest BCUT2D eigenvalue weighted by molar-refractivity contribution is 0.0977. The lowest BCUT2D eigenvalue weighted by atomic mass is 10.1. The molecule has 1 amide bonds. The predicted molar refractivity (Wildman–Crippen MR) is 132 cm³/mol. The van der Waals surface area contributed by atoms with Crippen LogP contribution in [0.25, 0.3) is 22.6 Å². The number of oxazole rings is 1. The Morgan fingerprint density at radius 2 is 1.73 bits per heavy atom. The lowest BCUT2D eigenvalue weighted by Crippen LogP contribution is -2.34. The SMILES string of the molecule is Cc1cc(C)c2oc(-c3ccc(NC(=S)NC(=O)c4ccc(I)cc4)cc3)nc2c1. The van der Waals surface area contributed by atoms with Crippen molar-refractivity contribution in [3.8, 4) is 11.5 Å². The first-order chi connectivity index (χ1) is 14.4. The third kappa shape index (κ3) is 4.52. The summed E-state index contributed by atoms with van der Waals surface area (Å²) < 4.78 is 7.02. The van der Waals surface area contributed by atoms with Gasteiger partial charge in [-0.2, -0.15) is 0 Å². The molecule has 0 unspecified atom stereocenters. The molecule has 4 aromatic rings. The normalized spacial score (nSPS) is 10.8. The second kappa shape index (κ2) is 8.53. The van der Waals surface area contributed by atoms with E-state index in [1.54, 1.807) is 12.1 Å². The number of hydrogen-bond donors (Lipinski definition) is 2. The van der Waals surface area contributed by atoms with Crippen LogP contribution >= 0.6 is 34.8 Å². The molecule has 150 valence electrons. The molecule has 0 aliphatic rings. The summed E-state index contributed by atoms with van der Waals surface area (Å²) in [5, 5.41) is 5.95. The van der Waals surface area contributed by atoms with Crippen molar-refractivity contribution in [2.75, 3.05) is 5.32 Å². The van der Waals surface area contributed by atoms with Gasteiger partial charge in [-0.25, -0.2) is 4.98 Å². The summed E-state index contributed by atoms with van der Waals surface area (Å²) in [6.45, 7) is 4.06. The van der Waals surface area contributed by atoms with Gasteiger partial charge in [0.1, 0.15) is 5.52 Å². The van der Waals surface area contributed by atoms with E-state index in [2.05, 4.69) is 44.3 Å². The molecule has 0 radical (unpaired) electrons. The quantitative estimate of drug-likeness (QED) is 0.259. The van der Waals surface area contributed by atoms with E-state index in [1.165, 1.54) is 0 Å². The molecule has 0 saturated carbocycles. The molecule has 0 fully saturated rings. The number of fused-ring (bicyclic) bond motifs is 1. The second-order valence-electron chi connectivity index (χ2n) is 6.94. The number of nitrogens with one attached hydrogen (secondary N) is 2. The van der Waals surface area contributed by atoms with Crippen LogP contribution in [-0.2, 0) is 0 Å². The van der Waals surface area contributed by atoms with E-state index in [0.29, 0.717) is 11.5 Å². The summed E-state index contributed by atoms with van der Waals surface area (Å²) in [6, 6.07) is 18.9. The Hall–Kier alpha value is -2.78. The molecule has 5 nitrogen and oxygen atoms in total. The fraction of sp³-hybridized carbons (Fsp3) is 0.0870. The zero-order chi connectivity index (χ0) is 21.3. The molecular formula is C23H18IN3O2S. The number of hydrogen-bond acceptors (Lipinski definition) is 4. The summed E-state index contributed by atoms with van der Waals surface area (Å²) in [6.07, 6.45) is 0. The van der Waals surface area contributed by atoms with E-state index in [-0.39, 0.29) is 11.0 Å². The van der Waals surface area contributed by atoms with E-state index in [9.17, 15) is 4.79 Å². The second-order valence-corrected chi connectivity index (χ2v) is 8.60. The maximum atomic E-state index is 12.3. The molecule has 0 saturated heterocycles. The third-order valence-corrected chi connectivity index (χ3v) is 5.47. The number of benzene rings is 3. The van der Waals surface area contributed by atoms with Crippen molar-refractivity contribution < 1.29 is 9.21 Å². The van der Waals surface area contributed by atoms with Crippen molar-refractivity contribution in [2.45, 2.75) is 13.8 Å². The van der Waals surface area contributed by atoms with Crippen molar-refractivity contribution in [1.29, 1.82) is 0 Å². The van der Waals surface area contributed by atoms with Crippen molar-refractivity contribution in [2.24, 2.45) is 0 Å². The average Bonchev–Trinajstić information content (AvgIpc) is 3.13. The first-order valence-electron chi connectivity index (χ1n) is 9.25. The minimum absolute atomic E-state index is 0.235. The smallest absolute Gasteiger partial charge is 0.257 e. The van der Waals surface area contributed by atoms with Crippen LogP contribution < -0.4 is 10.6 Å². The van der Waals surface area contributed by atoms with Crippen molar-refractivity contribution in [1.82, 2.24) is 10.3 Å². The molecule has 0 atom stereocenters. The number of aromatic nitrogens is 1. The highest BCUT2D eigenvalue weighted by Gasteiger charge is 2.12. The summed E-state index contributed by atoms with van der Waals surface area (Å²) >= 11 is 7.45. The molecule has 4 rings (SSSR count). The van der Waals surface area contributed by atoms with Gasteiger partial charge in [0.15, 0.2) is 10.7 Å². The van der Waals surface area contributed by atoms with Gasteiger partial charge in [0, 0.05) is 20.4 Å². The van der Waals surface area contributed by atoms with Crippen LogP contribution in [0.4, 0.5) is 5.69 Å². The van der Waals surface area contributed by atoms with E-state index in [4.69, 9.17) is 16.6 Å². The first-order valence-corrected chi connectivity index (χ1v) is 10.7. The van der Waals surface area contributed by atoms with Crippen LogP contribution in [0, 0.1) is 17.4 Å². The molecular weight excluding hydrogens is 509 g/mol. The van der Waals surface area contributed by atoms with Crippen LogP contribution in [0.2, 0.25) is 0 Å². The topological polar surface area (TPSA) is 67.2 Å². The van der Waals surface area contributed by atoms with E-state index < -0.39 is 0 Å². The van der Waals surface area contributed by atoms with Crippen LogP contribution in [0.15, 0.2) is 65.1 Å². The molecule has 2 N–H and O–H groups in total. The molecule has 7 heteroatoms. The summed E-state index contributed by atoms with van der Waals surface area (Å²) in [5.74, 6) is 0.317. The Morgan fingerprint density at radius 1 is 1.03 bits per heavy atom. The van der Waals surface area contributed by atoms with Gasteiger partial charge in [0.05, 0.1) is 0 Å². The monoisotopic (exact) mass is 527 g/mol. The Balaban J connectivity index is 1.44. The summed E-state index contributed by atoms with van der Waals surface area (Å²) in [5.41, 5.74) is 6.05. The zero-order valence-electron chi connectivity index (χ0n) is 16.3. The van der Waals surface area contributed by atoms with Gasteiger partial charge in [0.2, 0.25) is 5.89 Å². The number of rotatable bonds is 3. The van der Waals surface area contributed by atoms with E-state index in [1.807, 2.05) is 56.3 Å². The molecule has 3 aromatic carbocycles. The van der Waals surface area contributed by atoms with Gasteiger partial charge in [-0.05, 0) is 114 Å². The highest BCUT2D eigenvalue weighted by molar-refractivity contribution is 14.1. The van der Waals surface area contributed by atoms with Crippen molar-refractivity contribution >= 4 is 62.6 Å². The number of nitrogens with zero attached hydrogens (tertiary/aromatic N) is 1. The molecule has 0 spiro atoms. The number of carbonyl (C=O) groups excluding carboxylic acids is 1. The lowest BCUT2D eigenvalue weighted by Gasteiger charge is -2.10. The zero-order valence-corrected chi connectivity index (χ0v) is 19.3. The van der Waals surface area contributed by atoms with Crippen LogP contribution in [0.1, 0.15) is 21.5 Å². The fourth-order valence-corrected chi connectivity index (χ4v) is 3.71. The Kier molecular flexibility index (Phi) is 5.83. The fourth-order valence-electron chi connectivity index (χ4n) is 3.14. The van der Waals surface area contributed by atoms with Gasteiger partial charge in [-0.3, -0.25) is 10.1 Å². The molecule has 0 bridgehead atoms. The Labute approximate surface area is 193 Å². The summed E-state index contributed by atoms with van der Waals surface area (Å²) in [7, 11) is 0. The standard InChI is InChI=1S/C23H18IN3O2S/c1-13-11-14(2)20-19(12-13)26-22(29-20)16-5-9-18(10-6-16)25-23(30)27-21(28)15-3-7-17(24)8-4-15/h3-12H,1-2H3,(H2,25,27,28,30). The minimum Gasteiger partial charge on any atom is -0.436 e. The molecule has 0 aliphatic carbocycles. The predicted octanol–water partition coefficient (Wildman–Crippen LogP) is 5.84. The molecule has 30 heavy (non-hydrogen) atoms. The van der Waals surface area contributed by atoms with Crippen LogP contribution in [-0.4, -0.2) is 16.0 Å². The summed E-state index contributed by atoms with van der Waals surface area (Å²) in [4.78, 5) is 16.9.